The molecule has 1 atom stereocenters. The Kier molecular flexibility index (Phi) is 4.52. The topological polar surface area (TPSA) is 76.7 Å². The second-order valence-electron chi connectivity index (χ2n) is 4.30. The molecule has 1 aliphatic heterocycles. The maximum Gasteiger partial charge on any atom is 0.338 e. The third kappa shape index (κ3) is 3.18. The maximum absolute atomic E-state index is 13.2. The molecular weight excluding hydrogens is 280 g/mol. The zero-order valence-corrected chi connectivity index (χ0v) is 11.3. The van der Waals surface area contributed by atoms with Gasteiger partial charge in [0.15, 0.2) is 5.96 Å². The highest BCUT2D eigenvalue weighted by Crippen LogP contribution is 2.32. The van der Waals surface area contributed by atoms with E-state index >= 15 is 0 Å². The van der Waals surface area contributed by atoms with Gasteiger partial charge < -0.3 is 15.8 Å². The molecule has 0 bridgehead atoms. The van der Waals surface area contributed by atoms with Crippen LogP contribution in [0.2, 0.25) is 0 Å². The summed E-state index contributed by atoms with van der Waals surface area (Å²) in [4.78, 5) is 16.1. The Hall–Kier alpha value is -2.44. The number of nitrogens with two attached hydrogens (primary N) is 1. The Labute approximate surface area is 120 Å². The van der Waals surface area contributed by atoms with E-state index < -0.39 is 24.1 Å². The fourth-order valence-corrected chi connectivity index (χ4v) is 2.07. The normalized spacial score (nSPS) is 18.3. The summed E-state index contributed by atoms with van der Waals surface area (Å²) in [6, 6.07) is 7.71. The molecule has 1 unspecified atom stereocenters. The van der Waals surface area contributed by atoms with Crippen molar-refractivity contribution < 1.29 is 18.3 Å². The summed E-state index contributed by atoms with van der Waals surface area (Å²) in [5, 5.41) is 2.26. The largest absolute Gasteiger partial charge is 0.463 e. The lowest BCUT2D eigenvalue weighted by Crippen LogP contribution is -2.40. The number of ether oxygens (including phenoxy) is 1. The second kappa shape index (κ2) is 6.34. The molecule has 2 rings (SSSR count). The fourth-order valence-electron chi connectivity index (χ4n) is 2.07. The lowest BCUT2D eigenvalue weighted by molar-refractivity contribution is -0.139. The molecule has 3 N–H and O–H groups in total. The van der Waals surface area contributed by atoms with Gasteiger partial charge in [0.25, 0.3) is 6.43 Å². The Balaban J connectivity index is 2.52. The van der Waals surface area contributed by atoms with E-state index in [2.05, 4.69) is 10.3 Å². The molecule has 21 heavy (non-hydrogen) atoms. The molecule has 0 amide bonds. The van der Waals surface area contributed by atoms with E-state index in [1.165, 1.54) is 0 Å². The molecule has 0 saturated carbocycles. The number of guanidine groups is 1. The Morgan fingerprint density at radius 3 is 2.67 bits per heavy atom. The third-order valence-electron chi connectivity index (χ3n) is 2.92. The molecule has 7 heteroatoms. The fraction of sp³-hybridized carbons (Fsp3) is 0.286. The summed E-state index contributed by atoms with van der Waals surface area (Å²) in [5.74, 6) is -0.988. The minimum Gasteiger partial charge on any atom is -0.463 e. The number of nitrogens with one attached hydrogen (secondary N) is 1. The van der Waals surface area contributed by atoms with Gasteiger partial charge in [-0.2, -0.15) is 0 Å². The maximum atomic E-state index is 13.2. The zero-order chi connectivity index (χ0) is 15.4. The number of carbonyl (C=O) groups is 1. The number of nitrogens with zero attached hydrogens (tertiary/aromatic N) is 1. The van der Waals surface area contributed by atoms with Crippen LogP contribution in [0.1, 0.15) is 18.5 Å². The summed E-state index contributed by atoms with van der Waals surface area (Å²) in [6.45, 7) is 1.69. The van der Waals surface area contributed by atoms with Crippen LogP contribution < -0.4 is 11.1 Å². The number of benzene rings is 1. The molecule has 1 aliphatic rings. The van der Waals surface area contributed by atoms with Crippen molar-refractivity contribution in [2.45, 2.75) is 19.4 Å². The summed E-state index contributed by atoms with van der Waals surface area (Å²) in [7, 11) is 0. The molecule has 1 aromatic carbocycles. The zero-order valence-electron chi connectivity index (χ0n) is 11.3. The van der Waals surface area contributed by atoms with Crippen molar-refractivity contribution in [1.29, 1.82) is 0 Å². The van der Waals surface area contributed by atoms with E-state index in [0.717, 1.165) is 0 Å². The number of halogens is 2. The van der Waals surface area contributed by atoms with Crippen LogP contribution in [0, 0.1) is 0 Å². The van der Waals surface area contributed by atoms with Crippen molar-refractivity contribution >= 4 is 11.9 Å². The number of hydrogen-bond donors (Lipinski definition) is 2. The van der Waals surface area contributed by atoms with Gasteiger partial charge in [0.2, 0.25) is 0 Å². The predicted octanol–water partition coefficient (Wildman–Crippen LogP) is 1.73. The lowest BCUT2D eigenvalue weighted by atomic mass is 9.96. The van der Waals surface area contributed by atoms with Crippen molar-refractivity contribution in [1.82, 2.24) is 5.32 Å². The standard InChI is InChI=1S/C14H15F2N3O2/c1-2-21-13(20)9-10(8-6-4-3-5-7-8)18-14(17)19-11(9)12(15)16/h3-7,10,12H,2H2,1H3,(H3,17,18,19). The van der Waals surface area contributed by atoms with Crippen molar-refractivity contribution in [3.63, 3.8) is 0 Å². The first-order valence-corrected chi connectivity index (χ1v) is 6.39. The summed E-state index contributed by atoms with van der Waals surface area (Å²) >= 11 is 0. The first kappa shape index (κ1) is 15.0. The lowest BCUT2D eigenvalue weighted by Gasteiger charge is -2.25. The van der Waals surface area contributed by atoms with Gasteiger partial charge in [-0.05, 0) is 12.5 Å². The van der Waals surface area contributed by atoms with Crippen molar-refractivity contribution in [2.75, 3.05) is 6.61 Å². The number of alkyl halides is 2. The first-order valence-electron chi connectivity index (χ1n) is 6.39. The van der Waals surface area contributed by atoms with Gasteiger partial charge in [-0.1, -0.05) is 30.3 Å². The number of allylic oxidation sites excluding steroid dienone is 1. The molecule has 0 spiro atoms. The third-order valence-corrected chi connectivity index (χ3v) is 2.92. The minimum atomic E-state index is -2.88. The van der Waals surface area contributed by atoms with Crippen LogP contribution in [-0.4, -0.2) is 25.0 Å². The van der Waals surface area contributed by atoms with Gasteiger partial charge in [0, 0.05) is 0 Å². The molecule has 1 aromatic rings. The molecule has 0 aromatic heterocycles. The Bertz CT molecular complexity index is 585. The molecule has 0 radical (unpaired) electrons. The van der Waals surface area contributed by atoms with Crippen molar-refractivity contribution in [3.05, 3.63) is 47.2 Å². The van der Waals surface area contributed by atoms with Gasteiger partial charge in [-0.3, -0.25) is 0 Å². The van der Waals surface area contributed by atoms with Crippen LogP contribution >= 0.6 is 0 Å². The first-order chi connectivity index (χ1) is 10.0. The van der Waals surface area contributed by atoms with Crippen LogP contribution in [0.5, 0.6) is 0 Å². The number of carbonyl (C=O) groups excluding carboxylic acids is 1. The molecule has 1 heterocycles. The van der Waals surface area contributed by atoms with Gasteiger partial charge >= 0.3 is 5.97 Å². The van der Waals surface area contributed by atoms with E-state index in [-0.39, 0.29) is 18.1 Å². The highest BCUT2D eigenvalue weighted by molar-refractivity contribution is 5.95. The number of hydrogen-bond acceptors (Lipinski definition) is 5. The second-order valence-corrected chi connectivity index (χ2v) is 4.30. The predicted molar refractivity (Wildman–Crippen MR) is 73.6 cm³/mol. The highest BCUT2D eigenvalue weighted by atomic mass is 19.3. The quantitative estimate of drug-likeness (QED) is 0.829. The van der Waals surface area contributed by atoms with Crippen LogP contribution in [0.15, 0.2) is 46.6 Å². The van der Waals surface area contributed by atoms with Crippen LogP contribution in [0.4, 0.5) is 8.78 Å². The Morgan fingerprint density at radius 1 is 1.43 bits per heavy atom. The van der Waals surface area contributed by atoms with E-state index in [1.807, 2.05) is 0 Å². The van der Waals surface area contributed by atoms with Crippen molar-refractivity contribution in [3.8, 4) is 0 Å². The smallest absolute Gasteiger partial charge is 0.338 e. The molecule has 112 valence electrons. The summed E-state index contributed by atoms with van der Waals surface area (Å²) in [5.41, 5.74) is 5.36. The van der Waals surface area contributed by atoms with E-state index in [1.54, 1.807) is 37.3 Å². The van der Waals surface area contributed by atoms with Gasteiger partial charge in [-0.25, -0.2) is 18.6 Å². The number of rotatable bonds is 4. The van der Waals surface area contributed by atoms with E-state index in [9.17, 15) is 13.6 Å². The van der Waals surface area contributed by atoms with Gasteiger partial charge in [0.05, 0.1) is 17.9 Å². The summed E-state index contributed by atoms with van der Waals surface area (Å²) in [6.07, 6.45) is -2.88. The molecule has 0 aliphatic carbocycles. The highest BCUT2D eigenvalue weighted by Gasteiger charge is 2.34. The number of esters is 1. The van der Waals surface area contributed by atoms with E-state index in [0.29, 0.717) is 5.56 Å². The van der Waals surface area contributed by atoms with E-state index in [4.69, 9.17) is 10.5 Å². The average molecular weight is 295 g/mol. The molecule has 0 saturated heterocycles. The van der Waals surface area contributed by atoms with Gasteiger partial charge in [0.1, 0.15) is 6.04 Å². The molecule has 5 nitrogen and oxygen atoms in total. The molecular formula is C14H15F2N3O2. The van der Waals surface area contributed by atoms with Crippen molar-refractivity contribution in [2.24, 2.45) is 10.7 Å². The van der Waals surface area contributed by atoms with Crippen LogP contribution in [-0.2, 0) is 9.53 Å². The summed E-state index contributed by atoms with van der Waals surface area (Å²) < 4.78 is 31.3. The monoisotopic (exact) mass is 295 g/mol. The Morgan fingerprint density at radius 2 is 2.10 bits per heavy atom. The average Bonchev–Trinajstić information content (AvgIpc) is 2.47. The van der Waals surface area contributed by atoms with Crippen LogP contribution in [0.3, 0.4) is 0 Å². The number of aliphatic imine (C=N–C) groups is 1. The van der Waals surface area contributed by atoms with Gasteiger partial charge in [-0.15, -0.1) is 0 Å². The SMILES string of the molecule is CCOC(=O)C1=C(C(F)F)NC(N)=NC1c1ccccc1. The van der Waals surface area contributed by atoms with Crippen LogP contribution in [0.25, 0.3) is 0 Å². The minimum absolute atomic E-state index is 0.0829. The molecule has 0 fully saturated rings.